The average molecular weight is 271 g/mol. The topological polar surface area (TPSA) is 18.5 Å². The van der Waals surface area contributed by atoms with Gasteiger partial charge in [-0.3, -0.25) is 0 Å². The van der Waals surface area contributed by atoms with Gasteiger partial charge in [0.25, 0.3) is 0 Å². The van der Waals surface area contributed by atoms with Crippen molar-refractivity contribution in [1.29, 1.82) is 0 Å². The molecule has 0 unspecified atom stereocenters. The van der Waals surface area contributed by atoms with Crippen molar-refractivity contribution in [2.45, 2.75) is 59.9 Å². The van der Waals surface area contributed by atoms with Crippen LogP contribution in [-0.4, -0.2) is 61.2 Å². The molecule has 1 N–H and O–H groups in total. The average Bonchev–Trinajstić information content (AvgIpc) is 2.36. The van der Waals surface area contributed by atoms with E-state index in [2.05, 4.69) is 56.7 Å². The molecule has 116 valence electrons. The fourth-order valence-electron chi connectivity index (χ4n) is 2.25. The summed E-state index contributed by atoms with van der Waals surface area (Å²) in [5.74, 6) is 0. The lowest BCUT2D eigenvalue weighted by Crippen LogP contribution is -2.38. The van der Waals surface area contributed by atoms with Gasteiger partial charge in [0, 0.05) is 5.54 Å². The molecule has 0 aromatic rings. The smallest absolute Gasteiger partial charge is 0.00965 e. The molecule has 0 aliphatic rings. The number of hydrogen-bond acceptors (Lipinski definition) is 3. The van der Waals surface area contributed by atoms with Crippen molar-refractivity contribution < 1.29 is 0 Å². The molecule has 0 aliphatic carbocycles. The van der Waals surface area contributed by atoms with E-state index >= 15 is 0 Å². The first-order valence-electron chi connectivity index (χ1n) is 8.12. The Morgan fingerprint density at radius 2 is 1.21 bits per heavy atom. The first-order valence-corrected chi connectivity index (χ1v) is 8.12. The zero-order valence-electron chi connectivity index (χ0n) is 14.3. The summed E-state index contributed by atoms with van der Waals surface area (Å²) in [5, 5.41) is 3.56. The van der Waals surface area contributed by atoms with Gasteiger partial charge >= 0.3 is 0 Å². The lowest BCUT2D eigenvalue weighted by Gasteiger charge is -2.25. The third kappa shape index (κ3) is 11.4. The van der Waals surface area contributed by atoms with Crippen LogP contribution in [-0.2, 0) is 0 Å². The van der Waals surface area contributed by atoms with E-state index in [0.29, 0.717) is 0 Å². The van der Waals surface area contributed by atoms with E-state index in [1.54, 1.807) is 0 Å². The molecule has 0 aromatic heterocycles. The number of rotatable bonds is 11. The molecule has 0 aromatic carbocycles. The molecule has 3 nitrogen and oxygen atoms in total. The van der Waals surface area contributed by atoms with Gasteiger partial charge in [-0.1, -0.05) is 20.8 Å². The Kier molecular flexibility index (Phi) is 10.6. The van der Waals surface area contributed by atoms with Crippen LogP contribution in [0.5, 0.6) is 0 Å². The fourth-order valence-corrected chi connectivity index (χ4v) is 2.25. The van der Waals surface area contributed by atoms with E-state index in [9.17, 15) is 0 Å². The molecule has 0 radical (unpaired) electrons. The van der Waals surface area contributed by atoms with E-state index in [0.717, 1.165) is 6.54 Å². The molecular weight excluding hydrogens is 234 g/mol. The normalized spacial score (nSPS) is 12.6. The minimum atomic E-state index is 0.250. The summed E-state index contributed by atoms with van der Waals surface area (Å²) in [4.78, 5) is 5.09. The predicted octanol–water partition coefficient (Wildman–Crippen LogP) is 2.82. The minimum absolute atomic E-state index is 0.250. The summed E-state index contributed by atoms with van der Waals surface area (Å²) in [5.41, 5.74) is 0.250. The zero-order valence-corrected chi connectivity index (χ0v) is 14.3. The van der Waals surface area contributed by atoms with Crippen LogP contribution in [0.1, 0.15) is 54.4 Å². The van der Waals surface area contributed by atoms with Crippen molar-refractivity contribution in [3.05, 3.63) is 0 Å². The second kappa shape index (κ2) is 10.6. The summed E-state index contributed by atoms with van der Waals surface area (Å²) >= 11 is 0. The molecule has 0 fully saturated rings. The van der Waals surface area contributed by atoms with Crippen LogP contribution in [0.4, 0.5) is 0 Å². The van der Waals surface area contributed by atoms with Gasteiger partial charge in [-0.15, -0.1) is 0 Å². The number of nitrogens with zero attached hydrogens (tertiary/aromatic N) is 2. The van der Waals surface area contributed by atoms with Gasteiger partial charge in [0.05, 0.1) is 0 Å². The summed E-state index contributed by atoms with van der Waals surface area (Å²) in [6.45, 7) is 21.8. The first kappa shape index (κ1) is 18.9. The van der Waals surface area contributed by atoms with Gasteiger partial charge in [0.1, 0.15) is 0 Å². The van der Waals surface area contributed by atoms with Crippen molar-refractivity contribution in [2.24, 2.45) is 0 Å². The maximum atomic E-state index is 3.56. The zero-order chi connectivity index (χ0) is 14.7. The SMILES string of the molecule is CCN(CC)CCCN(CC)CCCNC(C)(C)C. The van der Waals surface area contributed by atoms with Crippen LogP contribution in [0, 0.1) is 0 Å². The van der Waals surface area contributed by atoms with E-state index in [4.69, 9.17) is 0 Å². The fraction of sp³-hybridized carbons (Fsp3) is 1.00. The highest BCUT2D eigenvalue weighted by Crippen LogP contribution is 2.00. The van der Waals surface area contributed by atoms with Crippen molar-refractivity contribution in [1.82, 2.24) is 15.1 Å². The predicted molar refractivity (Wildman–Crippen MR) is 86.9 cm³/mol. The van der Waals surface area contributed by atoms with E-state index in [1.807, 2.05) is 0 Å². The van der Waals surface area contributed by atoms with Crippen molar-refractivity contribution in [3.8, 4) is 0 Å². The van der Waals surface area contributed by atoms with Crippen LogP contribution in [0.3, 0.4) is 0 Å². The lowest BCUT2D eigenvalue weighted by atomic mass is 10.1. The summed E-state index contributed by atoms with van der Waals surface area (Å²) in [6, 6.07) is 0. The van der Waals surface area contributed by atoms with Crippen LogP contribution < -0.4 is 5.32 Å². The second-order valence-corrected chi connectivity index (χ2v) is 6.35. The Morgan fingerprint density at radius 1 is 0.737 bits per heavy atom. The largest absolute Gasteiger partial charge is 0.312 e. The Labute approximate surface area is 121 Å². The molecule has 0 amide bonds. The molecule has 0 aliphatic heterocycles. The van der Waals surface area contributed by atoms with E-state index in [-0.39, 0.29) is 5.54 Å². The molecule has 0 spiro atoms. The molecule has 0 bridgehead atoms. The quantitative estimate of drug-likeness (QED) is 0.583. The van der Waals surface area contributed by atoms with Crippen molar-refractivity contribution in [2.75, 3.05) is 45.8 Å². The third-order valence-electron chi connectivity index (χ3n) is 3.60. The Bertz CT molecular complexity index is 195. The first-order chi connectivity index (χ1) is 8.92. The highest BCUT2D eigenvalue weighted by atomic mass is 15.1. The second-order valence-electron chi connectivity index (χ2n) is 6.35. The Hall–Kier alpha value is -0.120. The molecule has 0 atom stereocenters. The summed E-state index contributed by atoms with van der Waals surface area (Å²) in [7, 11) is 0. The molecule has 0 heterocycles. The molecule has 19 heavy (non-hydrogen) atoms. The van der Waals surface area contributed by atoms with Crippen molar-refractivity contribution in [3.63, 3.8) is 0 Å². The van der Waals surface area contributed by atoms with E-state index < -0.39 is 0 Å². The maximum Gasteiger partial charge on any atom is 0.00965 e. The van der Waals surface area contributed by atoms with Gasteiger partial charge in [0.15, 0.2) is 0 Å². The monoisotopic (exact) mass is 271 g/mol. The molecular formula is C16H37N3. The van der Waals surface area contributed by atoms with E-state index in [1.165, 1.54) is 52.1 Å². The summed E-state index contributed by atoms with van der Waals surface area (Å²) in [6.07, 6.45) is 2.54. The van der Waals surface area contributed by atoms with Gasteiger partial charge < -0.3 is 15.1 Å². The molecule has 3 heteroatoms. The molecule has 0 rings (SSSR count). The maximum absolute atomic E-state index is 3.56. The van der Waals surface area contributed by atoms with Crippen LogP contribution >= 0.6 is 0 Å². The van der Waals surface area contributed by atoms with Crippen LogP contribution in [0.15, 0.2) is 0 Å². The standard InChI is InChI=1S/C16H37N3/c1-7-18(8-2)14-11-15-19(9-3)13-10-12-17-16(4,5)6/h17H,7-15H2,1-6H3. The Morgan fingerprint density at radius 3 is 1.68 bits per heavy atom. The highest BCUT2D eigenvalue weighted by Gasteiger charge is 2.08. The van der Waals surface area contributed by atoms with Crippen LogP contribution in [0.2, 0.25) is 0 Å². The van der Waals surface area contributed by atoms with Crippen molar-refractivity contribution >= 4 is 0 Å². The highest BCUT2D eigenvalue weighted by molar-refractivity contribution is 4.70. The number of hydrogen-bond donors (Lipinski definition) is 1. The lowest BCUT2D eigenvalue weighted by molar-refractivity contribution is 0.239. The number of nitrogens with one attached hydrogen (secondary N) is 1. The van der Waals surface area contributed by atoms with Crippen LogP contribution in [0.25, 0.3) is 0 Å². The van der Waals surface area contributed by atoms with Gasteiger partial charge in [0.2, 0.25) is 0 Å². The molecule has 0 saturated carbocycles. The third-order valence-corrected chi connectivity index (χ3v) is 3.60. The molecule has 0 saturated heterocycles. The minimum Gasteiger partial charge on any atom is -0.312 e. The van der Waals surface area contributed by atoms with Gasteiger partial charge in [-0.05, 0) is 79.4 Å². The Balaban J connectivity index is 3.66. The summed E-state index contributed by atoms with van der Waals surface area (Å²) < 4.78 is 0. The van der Waals surface area contributed by atoms with Gasteiger partial charge in [-0.25, -0.2) is 0 Å². The van der Waals surface area contributed by atoms with Gasteiger partial charge in [-0.2, -0.15) is 0 Å².